The fraction of sp³-hybridized carbons (Fsp3) is 0.581. The van der Waals surface area contributed by atoms with Gasteiger partial charge in [0, 0.05) is 38.3 Å². The lowest BCUT2D eigenvalue weighted by atomic mass is 9.74. The number of benzene rings is 1. The van der Waals surface area contributed by atoms with E-state index >= 15 is 0 Å². The largest absolute Gasteiger partial charge is 0.416 e. The number of hydrogen-bond acceptors (Lipinski definition) is 5. The SMILES string of the molecule is COC(C)(C)[C@@H]1CC(CC2CCC(O)(c3ccccn3)CC2)CN1C(=O)CCC(=O)c1cccc(C(F)(F)F)c1. The van der Waals surface area contributed by atoms with E-state index in [0.717, 1.165) is 37.8 Å². The normalized spacial score (nSPS) is 25.7. The summed E-state index contributed by atoms with van der Waals surface area (Å²) in [6, 6.07) is 9.76. The van der Waals surface area contributed by atoms with Crippen molar-refractivity contribution >= 4 is 11.7 Å². The average Bonchev–Trinajstić information content (AvgIpc) is 3.38. The fourth-order valence-corrected chi connectivity index (χ4v) is 6.30. The van der Waals surface area contributed by atoms with Crippen molar-refractivity contribution < 1.29 is 32.6 Å². The van der Waals surface area contributed by atoms with Crippen molar-refractivity contribution in [2.45, 2.75) is 88.6 Å². The summed E-state index contributed by atoms with van der Waals surface area (Å²) in [7, 11) is 1.62. The van der Waals surface area contributed by atoms with E-state index in [-0.39, 0.29) is 36.3 Å². The van der Waals surface area contributed by atoms with Crippen molar-refractivity contribution in [3.8, 4) is 0 Å². The molecule has 1 N–H and O–H groups in total. The second kappa shape index (κ2) is 12.0. The van der Waals surface area contributed by atoms with Crippen molar-refractivity contribution in [1.29, 1.82) is 0 Å². The van der Waals surface area contributed by atoms with E-state index in [2.05, 4.69) is 4.98 Å². The molecule has 2 heterocycles. The zero-order chi connectivity index (χ0) is 29.1. The summed E-state index contributed by atoms with van der Waals surface area (Å²) >= 11 is 0. The second-order valence-electron chi connectivity index (χ2n) is 11.9. The van der Waals surface area contributed by atoms with Gasteiger partial charge in [-0.25, -0.2) is 0 Å². The Labute approximate surface area is 233 Å². The third-order valence-electron chi connectivity index (χ3n) is 8.86. The highest BCUT2D eigenvalue weighted by molar-refractivity contribution is 5.98. The van der Waals surface area contributed by atoms with Gasteiger partial charge < -0.3 is 14.7 Å². The second-order valence-corrected chi connectivity index (χ2v) is 11.9. The molecule has 1 saturated heterocycles. The van der Waals surface area contributed by atoms with Crippen molar-refractivity contribution in [3.05, 3.63) is 65.5 Å². The van der Waals surface area contributed by atoms with Gasteiger partial charge in [0.25, 0.3) is 0 Å². The molecule has 0 spiro atoms. The molecular weight excluding hydrogens is 521 g/mol. The minimum Gasteiger partial charge on any atom is -0.384 e. The zero-order valence-corrected chi connectivity index (χ0v) is 23.4. The molecule has 1 unspecified atom stereocenters. The molecule has 1 aromatic heterocycles. The summed E-state index contributed by atoms with van der Waals surface area (Å²) in [5, 5.41) is 11.1. The van der Waals surface area contributed by atoms with Gasteiger partial charge in [0.2, 0.25) is 5.91 Å². The van der Waals surface area contributed by atoms with Crippen LogP contribution in [0.3, 0.4) is 0 Å². The maximum Gasteiger partial charge on any atom is 0.416 e. The number of Topliss-reactive ketones (excluding diaryl/α,β-unsaturated/α-hetero) is 1. The molecule has 4 rings (SSSR count). The predicted octanol–water partition coefficient (Wildman–Crippen LogP) is 6.17. The molecule has 2 aliphatic rings. The first-order chi connectivity index (χ1) is 18.8. The van der Waals surface area contributed by atoms with Crippen LogP contribution in [-0.4, -0.2) is 52.0 Å². The van der Waals surface area contributed by atoms with Crippen LogP contribution in [0, 0.1) is 11.8 Å². The first-order valence-electron chi connectivity index (χ1n) is 14.0. The summed E-state index contributed by atoms with van der Waals surface area (Å²) in [5.41, 5.74) is -1.70. The highest BCUT2D eigenvalue weighted by atomic mass is 19.4. The molecule has 1 aliphatic carbocycles. The Hall–Kier alpha value is -2.78. The minimum atomic E-state index is -4.54. The van der Waals surface area contributed by atoms with Crippen LogP contribution in [0.4, 0.5) is 13.2 Å². The van der Waals surface area contributed by atoms with Crippen LogP contribution in [0.2, 0.25) is 0 Å². The summed E-state index contributed by atoms with van der Waals surface area (Å²) in [4.78, 5) is 32.2. The maximum atomic E-state index is 13.4. The molecule has 40 heavy (non-hydrogen) atoms. The van der Waals surface area contributed by atoms with E-state index < -0.39 is 28.7 Å². The predicted molar refractivity (Wildman–Crippen MR) is 144 cm³/mol. The number of carbonyl (C=O) groups is 2. The highest BCUT2D eigenvalue weighted by Crippen LogP contribution is 2.43. The Kier molecular flexibility index (Phi) is 9.05. The van der Waals surface area contributed by atoms with Crippen molar-refractivity contribution in [3.63, 3.8) is 0 Å². The van der Waals surface area contributed by atoms with Gasteiger partial charge in [0.15, 0.2) is 5.78 Å². The summed E-state index contributed by atoms with van der Waals surface area (Å²) in [6.07, 6.45) is 1.69. The van der Waals surface area contributed by atoms with Crippen LogP contribution < -0.4 is 0 Å². The summed E-state index contributed by atoms with van der Waals surface area (Å²) in [6.45, 7) is 4.44. The van der Waals surface area contributed by atoms with Gasteiger partial charge in [-0.3, -0.25) is 14.6 Å². The Morgan fingerprint density at radius 2 is 1.80 bits per heavy atom. The van der Waals surface area contributed by atoms with Gasteiger partial charge in [-0.15, -0.1) is 0 Å². The molecular formula is C31H39F3N2O4. The van der Waals surface area contributed by atoms with Crippen LogP contribution in [0.1, 0.15) is 86.8 Å². The number of likely N-dealkylation sites (tertiary alicyclic amines) is 1. The van der Waals surface area contributed by atoms with Crippen LogP contribution in [-0.2, 0) is 21.3 Å². The molecule has 2 aromatic rings. The number of halogens is 3. The third-order valence-corrected chi connectivity index (χ3v) is 8.86. The molecule has 1 amide bonds. The summed E-state index contributed by atoms with van der Waals surface area (Å²) < 4.78 is 44.9. The smallest absolute Gasteiger partial charge is 0.384 e. The van der Waals surface area contributed by atoms with E-state index in [9.17, 15) is 27.9 Å². The van der Waals surface area contributed by atoms with E-state index in [4.69, 9.17) is 4.74 Å². The topological polar surface area (TPSA) is 79.7 Å². The van der Waals surface area contributed by atoms with Gasteiger partial charge in [-0.1, -0.05) is 18.2 Å². The maximum absolute atomic E-state index is 13.4. The van der Waals surface area contributed by atoms with Crippen molar-refractivity contribution in [2.24, 2.45) is 11.8 Å². The number of hydrogen-bond donors (Lipinski definition) is 1. The highest BCUT2D eigenvalue weighted by Gasteiger charge is 2.45. The van der Waals surface area contributed by atoms with Gasteiger partial charge in [-0.05, 0) is 88.5 Å². The molecule has 2 fully saturated rings. The number of rotatable bonds is 9. The monoisotopic (exact) mass is 560 g/mol. The molecule has 0 radical (unpaired) electrons. The van der Waals surface area contributed by atoms with E-state index in [0.29, 0.717) is 31.0 Å². The van der Waals surface area contributed by atoms with E-state index in [1.54, 1.807) is 18.2 Å². The van der Waals surface area contributed by atoms with Crippen molar-refractivity contribution in [1.82, 2.24) is 9.88 Å². The molecule has 218 valence electrons. The molecule has 1 aliphatic heterocycles. The molecule has 6 nitrogen and oxygen atoms in total. The van der Waals surface area contributed by atoms with Gasteiger partial charge in [0.1, 0.15) is 5.60 Å². The Bertz CT molecular complexity index is 1180. The molecule has 1 saturated carbocycles. The standard InChI is InChI=1S/C31H39F3N2O4/c1-29(2,40-3)27-18-22(17-21-12-14-30(39,15-13-21)26-9-4-5-16-35-26)20-36(27)28(38)11-10-25(37)23-7-6-8-24(19-23)31(32,33)34/h4-9,16,19,21-22,27,39H,10-15,17-18,20H2,1-3H3/t21?,22?,27-,30?/m0/s1. The first kappa shape index (κ1) is 30.2. The number of nitrogens with zero attached hydrogens (tertiary/aromatic N) is 2. The number of pyridine rings is 1. The molecule has 0 bridgehead atoms. The van der Waals surface area contributed by atoms with Gasteiger partial charge >= 0.3 is 6.18 Å². The van der Waals surface area contributed by atoms with Crippen LogP contribution in [0.25, 0.3) is 0 Å². The third kappa shape index (κ3) is 6.92. The number of aromatic nitrogens is 1. The van der Waals surface area contributed by atoms with Gasteiger partial charge in [0.05, 0.1) is 22.9 Å². The van der Waals surface area contributed by atoms with Gasteiger partial charge in [-0.2, -0.15) is 13.2 Å². The quantitative estimate of drug-likeness (QED) is 0.371. The van der Waals surface area contributed by atoms with Crippen molar-refractivity contribution in [2.75, 3.05) is 13.7 Å². The van der Waals surface area contributed by atoms with E-state index in [1.807, 2.05) is 32.0 Å². The number of ether oxygens (including phenoxy) is 1. The Morgan fingerprint density at radius 3 is 2.42 bits per heavy atom. The number of carbonyl (C=O) groups excluding carboxylic acids is 2. The zero-order valence-electron chi connectivity index (χ0n) is 23.4. The fourth-order valence-electron chi connectivity index (χ4n) is 6.30. The van der Waals surface area contributed by atoms with E-state index in [1.165, 1.54) is 12.1 Å². The number of aliphatic hydroxyl groups is 1. The number of amides is 1. The lowest BCUT2D eigenvalue weighted by Gasteiger charge is -2.36. The lowest BCUT2D eigenvalue weighted by molar-refractivity contribution is -0.138. The number of methoxy groups -OCH3 is 1. The number of alkyl halides is 3. The first-order valence-corrected chi connectivity index (χ1v) is 14.0. The molecule has 1 aromatic carbocycles. The van der Waals surface area contributed by atoms with Crippen LogP contribution >= 0.6 is 0 Å². The minimum absolute atomic E-state index is 0.0429. The Balaban J connectivity index is 1.36. The molecule has 2 atom stereocenters. The van der Waals surface area contributed by atoms with Crippen LogP contribution in [0.15, 0.2) is 48.7 Å². The lowest BCUT2D eigenvalue weighted by Crippen LogP contribution is -2.49. The average molecular weight is 561 g/mol. The van der Waals surface area contributed by atoms with Crippen LogP contribution in [0.5, 0.6) is 0 Å². The Morgan fingerprint density at radius 1 is 1.07 bits per heavy atom. The molecule has 9 heteroatoms. The summed E-state index contributed by atoms with van der Waals surface area (Å²) in [5.74, 6) is 0.0119. The number of ketones is 1.